The van der Waals surface area contributed by atoms with Crippen LogP contribution in [0.1, 0.15) is 38.8 Å². The molecule has 2 rings (SSSR count). The van der Waals surface area contributed by atoms with Gasteiger partial charge in [-0.3, -0.25) is 9.51 Å². The van der Waals surface area contributed by atoms with Crippen LogP contribution in [0.25, 0.3) is 6.08 Å². The molecule has 1 unspecified atom stereocenters. The van der Waals surface area contributed by atoms with Gasteiger partial charge in [0.2, 0.25) is 5.75 Å². The Balaban J connectivity index is 2.47. The molecule has 1 aromatic heterocycles. The fourth-order valence-corrected chi connectivity index (χ4v) is 4.24. The summed E-state index contributed by atoms with van der Waals surface area (Å²) >= 11 is 0. The summed E-state index contributed by atoms with van der Waals surface area (Å²) in [5.74, 6) is 0.903. The fraction of sp³-hybridized carbons (Fsp3) is 0.409. The summed E-state index contributed by atoms with van der Waals surface area (Å²) in [7, 11) is -0.499. The minimum Gasteiger partial charge on any atom is -0.502 e. The Morgan fingerprint density at radius 1 is 1.17 bits per heavy atom. The number of benzene rings is 1. The first kappa shape index (κ1) is 23.8. The number of allylic oxidation sites excluding steroid dienone is 1. The average Bonchev–Trinajstić information content (AvgIpc) is 2.69. The number of phenolic OH excluding ortho intramolecular Hbond substituents is 1. The lowest BCUT2D eigenvalue weighted by Gasteiger charge is -2.26. The van der Waals surface area contributed by atoms with E-state index < -0.39 is 7.60 Å². The number of hydrogen-bond donors (Lipinski definition) is 1. The second-order valence-electron chi connectivity index (χ2n) is 7.30. The number of aromatic nitrogens is 1. The van der Waals surface area contributed by atoms with Gasteiger partial charge in [0.25, 0.3) is 0 Å². The molecule has 0 fully saturated rings. The molecule has 0 bridgehead atoms. The Bertz CT molecular complexity index is 886. The predicted molar refractivity (Wildman–Crippen MR) is 117 cm³/mol. The summed E-state index contributed by atoms with van der Waals surface area (Å²) in [6.07, 6.45) is 5.16. The Kier molecular flexibility index (Phi) is 8.33. The predicted octanol–water partition coefficient (Wildman–Crippen LogP) is 5.43. The van der Waals surface area contributed by atoms with Crippen molar-refractivity contribution in [2.75, 3.05) is 14.2 Å². The lowest BCUT2D eigenvalue weighted by Crippen LogP contribution is -2.11. The van der Waals surface area contributed by atoms with E-state index >= 15 is 0 Å². The van der Waals surface area contributed by atoms with Crippen molar-refractivity contribution >= 4 is 13.7 Å². The van der Waals surface area contributed by atoms with Crippen molar-refractivity contribution in [2.24, 2.45) is 0 Å². The third-order valence-corrected chi connectivity index (χ3v) is 6.63. The molecule has 0 amide bonds. The SMILES string of the molecule is COc1cc(C/C(=C\c2cccnc2)OP(=O)(OC(C)C)C(C)C)cc(OC)c1O. The number of nitrogens with zero attached hydrogens (tertiary/aromatic N) is 1. The maximum atomic E-state index is 13.4. The molecule has 164 valence electrons. The Morgan fingerprint density at radius 3 is 2.27 bits per heavy atom. The van der Waals surface area contributed by atoms with Gasteiger partial charge in [0, 0.05) is 18.8 Å². The molecule has 1 N–H and O–H groups in total. The summed E-state index contributed by atoms with van der Waals surface area (Å²) in [4.78, 5) is 4.12. The Labute approximate surface area is 178 Å². The van der Waals surface area contributed by atoms with Gasteiger partial charge in [0.1, 0.15) is 5.76 Å². The first-order chi connectivity index (χ1) is 14.2. The fourth-order valence-electron chi connectivity index (χ4n) is 2.71. The minimum absolute atomic E-state index is 0.0848. The highest BCUT2D eigenvalue weighted by atomic mass is 31.2. The molecule has 0 aliphatic carbocycles. The van der Waals surface area contributed by atoms with E-state index in [0.29, 0.717) is 5.76 Å². The van der Waals surface area contributed by atoms with Crippen LogP contribution in [0, 0.1) is 0 Å². The van der Waals surface area contributed by atoms with Crippen LogP contribution in [-0.2, 0) is 20.0 Å². The van der Waals surface area contributed by atoms with Gasteiger partial charge in [0.05, 0.1) is 26.0 Å². The summed E-state index contributed by atoms with van der Waals surface area (Å²) in [5, 5.41) is 10.2. The zero-order valence-corrected chi connectivity index (χ0v) is 19.2. The van der Waals surface area contributed by atoms with Gasteiger partial charge in [-0.2, -0.15) is 0 Å². The summed E-state index contributed by atoms with van der Waals surface area (Å²) < 4.78 is 35.6. The quantitative estimate of drug-likeness (QED) is 0.393. The van der Waals surface area contributed by atoms with E-state index in [9.17, 15) is 9.67 Å². The first-order valence-electron chi connectivity index (χ1n) is 9.70. The zero-order valence-electron chi connectivity index (χ0n) is 18.3. The van der Waals surface area contributed by atoms with Crippen molar-refractivity contribution in [1.82, 2.24) is 4.98 Å². The third-order valence-electron chi connectivity index (χ3n) is 4.16. The van der Waals surface area contributed by atoms with E-state index in [-0.39, 0.29) is 35.4 Å². The summed E-state index contributed by atoms with van der Waals surface area (Å²) in [6, 6.07) is 7.05. The van der Waals surface area contributed by atoms with Gasteiger partial charge >= 0.3 is 7.60 Å². The van der Waals surface area contributed by atoms with Gasteiger partial charge in [-0.05, 0) is 49.2 Å². The lowest BCUT2D eigenvalue weighted by molar-refractivity contribution is 0.186. The Morgan fingerprint density at radius 2 is 1.80 bits per heavy atom. The molecule has 2 aromatic rings. The normalized spacial score (nSPS) is 13.9. The Hall–Kier alpha value is -2.50. The topological polar surface area (TPSA) is 87.1 Å². The van der Waals surface area contributed by atoms with Crippen LogP contribution >= 0.6 is 7.60 Å². The van der Waals surface area contributed by atoms with Crippen LogP contribution in [0.3, 0.4) is 0 Å². The molecular weight excluding hydrogens is 405 g/mol. The van der Waals surface area contributed by atoms with Crippen LogP contribution in [-0.4, -0.2) is 36.1 Å². The van der Waals surface area contributed by atoms with Crippen LogP contribution in [0.5, 0.6) is 17.2 Å². The molecule has 1 atom stereocenters. The molecule has 0 aliphatic heterocycles. The number of methoxy groups -OCH3 is 2. The maximum Gasteiger partial charge on any atom is 0.381 e. The van der Waals surface area contributed by atoms with Gasteiger partial charge < -0.3 is 19.1 Å². The molecule has 0 aliphatic rings. The molecule has 1 aromatic carbocycles. The zero-order chi connectivity index (χ0) is 22.3. The third kappa shape index (κ3) is 6.25. The number of ether oxygens (including phenoxy) is 2. The largest absolute Gasteiger partial charge is 0.502 e. The van der Waals surface area contributed by atoms with Gasteiger partial charge in [0.15, 0.2) is 11.5 Å². The lowest BCUT2D eigenvalue weighted by atomic mass is 10.1. The van der Waals surface area contributed by atoms with Crippen molar-refractivity contribution in [3.05, 3.63) is 53.5 Å². The molecule has 0 saturated carbocycles. The van der Waals surface area contributed by atoms with Gasteiger partial charge in [-0.15, -0.1) is 0 Å². The molecule has 7 nitrogen and oxygen atoms in total. The van der Waals surface area contributed by atoms with Crippen LogP contribution in [0.15, 0.2) is 42.4 Å². The van der Waals surface area contributed by atoms with E-state index in [1.807, 2.05) is 26.0 Å². The van der Waals surface area contributed by atoms with Crippen molar-refractivity contribution in [3.63, 3.8) is 0 Å². The van der Waals surface area contributed by atoms with E-state index in [1.165, 1.54) is 14.2 Å². The summed E-state index contributed by atoms with van der Waals surface area (Å²) in [6.45, 7) is 7.24. The number of rotatable bonds is 10. The van der Waals surface area contributed by atoms with Crippen LogP contribution < -0.4 is 9.47 Å². The van der Waals surface area contributed by atoms with Crippen LogP contribution in [0.2, 0.25) is 0 Å². The smallest absolute Gasteiger partial charge is 0.381 e. The summed E-state index contributed by atoms with van der Waals surface area (Å²) in [5.41, 5.74) is 1.21. The van der Waals surface area contributed by atoms with Crippen molar-refractivity contribution in [3.8, 4) is 17.2 Å². The van der Waals surface area contributed by atoms with Gasteiger partial charge in [-0.1, -0.05) is 19.9 Å². The van der Waals surface area contributed by atoms with E-state index in [2.05, 4.69) is 4.98 Å². The molecule has 8 heteroatoms. The molecule has 0 saturated heterocycles. The molecule has 0 radical (unpaired) electrons. The molecule has 1 heterocycles. The van der Waals surface area contributed by atoms with Crippen molar-refractivity contribution in [2.45, 2.75) is 45.9 Å². The number of hydrogen-bond acceptors (Lipinski definition) is 7. The number of phenols is 1. The number of aromatic hydroxyl groups is 1. The van der Waals surface area contributed by atoms with Crippen LogP contribution in [0.4, 0.5) is 0 Å². The van der Waals surface area contributed by atoms with E-state index in [0.717, 1.165) is 11.1 Å². The number of pyridine rings is 1. The minimum atomic E-state index is -3.43. The van der Waals surface area contributed by atoms with E-state index in [1.54, 1.807) is 44.4 Å². The monoisotopic (exact) mass is 435 g/mol. The first-order valence-corrected chi connectivity index (χ1v) is 11.3. The molecule has 30 heavy (non-hydrogen) atoms. The van der Waals surface area contributed by atoms with Crippen molar-refractivity contribution in [1.29, 1.82) is 0 Å². The van der Waals surface area contributed by atoms with Crippen molar-refractivity contribution < 1.29 is 28.2 Å². The maximum absolute atomic E-state index is 13.4. The highest BCUT2D eigenvalue weighted by Gasteiger charge is 2.33. The average molecular weight is 435 g/mol. The van der Waals surface area contributed by atoms with E-state index in [4.69, 9.17) is 18.5 Å². The molecule has 0 spiro atoms. The second kappa shape index (κ2) is 10.5. The highest BCUT2D eigenvalue weighted by Crippen LogP contribution is 2.56. The standard InChI is InChI=1S/C22H30NO6P/c1-15(2)28-30(25,16(3)4)29-19(10-17-8-7-9-23-14-17)11-18-12-20(26-5)22(24)21(13-18)27-6/h7-10,12-16,24H,11H2,1-6H3/b19-10+. The van der Waals surface area contributed by atoms with Gasteiger partial charge in [-0.25, -0.2) is 4.57 Å². The second-order valence-corrected chi connectivity index (χ2v) is 9.81. The highest BCUT2D eigenvalue weighted by molar-refractivity contribution is 7.54. The molecular formula is C22H30NO6P.